The van der Waals surface area contributed by atoms with Gasteiger partial charge in [-0.1, -0.05) is 12.1 Å². The number of carbonyl (C=O) groups is 2. The van der Waals surface area contributed by atoms with Crippen LogP contribution in [0.3, 0.4) is 0 Å². The first-order valence-electron chi connectivity index (χ1n) is 5.94. The second-order valence-corrected chi connectivity index (χ2v) is 5.39. The van der Waals surface area contributed by atoms with Gasteiger partial charge in [0.15, 0.2) is 0 Å². The zero-order valence-electron chi connectivity index (χ0n) is 11.3. The van der Waals surface area contributed by atoms with Crippen molar-refractivity contribution in [3.8, 4) is 0 Å². The Balaban J connectivity index is 2.50. The van der Waals surface area contributed by atoms with Crippen LogP contribution in [0, 0.1) is 6.92 Å². The van der Waals surface area contributed by atoms with Gasteiger partial charge in [0, 0.05) is 11.2 Å². The first-order valence-corrected chi connectivity index (χ1v) is 5.94. The van der Waals surface area contributed by atoms with E-state index in [1.807, 2.05) is 45.9 Å². The predicted octanol–water partition coefficient (Wildman–Crippen LogP) is 2.24. The van der Waals surface area contributed by atoms with Crippen LogP contribution in [0.1, 0.15) is 32.8 Å². The zero-order chi connectivity index (χ0) is 13.8. The van der Waals surface area contributed by atoms with E-state index in [1.54, 1.807) is 6.07 Å². The molecule has 1 aromatic rings. The van der Waals surface area contributed by atoms with Gasteiger partial charge in [-0.15, -0.1) is 0 Å². The fraction of sp³-hybridized carbons (Fsp3) is 0.429. The van der Waals surface area contributed by atoms with Crippen molar-refractivity contribution in [1.29, 1.82) is 0 Å². The Hall–Kier alpha value is -1.84. The van der Waals surface area contributed by atoms with Crippen LogP contribution >= 0.6 is 0 Å². The summed E-state index contributed by atoms with van der Waals surface area (Å²) < 4.78 is 0. The Labute approximate surface area is 108 Å². The molecule has 98 valence electrons. The van der Waals surface area contributed by atoms with E-state index >= 15 is 0 Å². The van der Waals surface area contributed by atoms with Crippen molar-refractivity contribution in [3.05, 3.63) is 29.8 Å². The summed E-state index contributed by atoms with van der Waals surface area (Å²) in [6.45, 7) is 7.58. The number of benzene rings is 1. The number of hydrogen-bond acceptors (Lipinski definition) is 2. The van der Waals surface area contributed by atoms with Crippen molar-refractivity contribution in [2.45, 2.75) is 39.7 Å². The maximum absolute atomic E-state index is 11.6. The molecule has 4 heteroatoms. The summed E-state index contributed by atoms with van der Waals surface area (Å²) in [4.78, 5) is 23.2. The van der Waals surface area contributed by atoms with Gasteiger partial charge < -0.3 is 10.6 Å². The van der Waals surface area contributed by atoms with E-state index in [0.717, 1.165) is 5.56 Å². The maximum Gasteiger partial charge on any atom is 0.233 e. The van der Waals surface area contributed by atoms with Gasteiger partial charge in [-0.05, 0) is 45.4 Å². The second kappa shape index (κ2) is 5.67. The second-order valence-electron chi connectivity index (χ2n) is 5.39. The first-order chi connectivity index (χ1) is 8.26. The molecule has 0 aliphatic heterocycles. The Morgan fingerprint density at radius 1 is 1.17 bits per heavy atom. The smallest absolute Gasteiger partial charge is 0.233 e. The van der Waals surface area contributed by atoms with Gasteiger partial charge in [-0.2, -0.15) is 0 Å². The molecule has 0 unspecified atom stereocenters. The molecule has 0 aliphatic rings. The molecule has 0 spiro atoms. The molecule has 0 aromatic heterocycles. The zero-order valence-corrected chi connectivity index (χ0v) is 11.3. The van der Waals surface area contributed by atoms with Crippen molar-refractivity contribution < 1.29 is 9.59 Å². The van der Waals surface area contributed by atoms with Crippen LogP contribution in [-0.2, 0) is 9.59 Å². The maximum atomic E-state index is 11.6. The molecule has 0 saturated heterocycles. The summed E-state index contributed by atoms with van der Waals surface area (Å²) in [7, 11) is 0. The lowest BCUT2D eigenvalue weighted by atomic mass is 10.1. The van der Waals surface area contributed by atoms with Gasteiger partial charge in [0.1, 0.15) is 6.42 Å². The third-order valence-corrected chi connectivity index (χ3v) is 2.14. The molecule has 18 heavy (non-hydrogen) atoms. The molecule has 0 bridgehead atoms. The minimum absolute atomic E-state index is 0.161. The van der Waals surface area contributed by atoms with Crippen LogP contribution < -0.4 is 10.6 Å². The third kappa shape index (κ3) is 5.48. The van der Waals surface area contributed by atoms with Crippen LogP contribution in [0.2, 0.25) is 0 Å². The molecule has 0 radical (unpaired) electrons. The first kappa shape index (κ1) is 14.2. The van der Waals surface area contributed by atoms with Crippen LogP contribution in [0.15, 0.2) is 24.3 Å². The van der Waals surface area contributed by atoms with Crippen LogP contribution in [0.25, 0.3) is 0 Å². The number of aryl methyl sites for hydroxylation is 1. The molecule has 0 heterocycles. The minimum atomic E-state index is -0.319. The van der Waals surface area contributed by atoms with E-state index < -0.39 is 0 Å². The van der Waals surface area contributed by atoms with Gasteiger partial charge in [-0.25, -0.2) is 0 Å². The molecular weight excluding hydrogens is 228 g/mol. The highest BCUT2D eigenvalue weighted by Gasteiger charge is 2.16. The van der Waals surface area contributed by atoms with Crippen molar-refractivity contribution in [1.82, 2.24) is 5.32 Å². The fourth-order valence-corrected chi connectivity index (χ4v) is 1.54. The molecule has 2 amide bonds. The molecule has 0 saturated carbocycles. The average Bonchev–Trinajstić information content (AvgIpc) is 2.13. The summed E-state index contributed by atoms with van der Waals surface area (Å²) in [5.74, 6) is -0.574. The summed E-state index contributed by atoms with van der Waals surface area (Å²) in [5, 5.41) is 5.45. The lowest BCUT2D eigenvalue weighted by Gasteiger charge is -2.20. The summed E-state index contributed by atoms with van der Waals surface area (Å²) >= 11 is 0. The summed E-state index contributed by atoms with van der Waals surface area (Å²) in [6.07, 6.45) is -0.161. The van der Waals surface area contributed by atoms with E-state index in [2.05, 4.69) is 10.6 Å². The Morgan fingerprint density at radius 2 is 1.83 bits per heavy atom. The molecule has 0 atom stereocenters. The molecule has 4 nitrogen and oxygen atoms in total. The van der Waals surface area contributed by atoms with E-state index in [-0.39, 0.29) is 23.8 Å². The number of rotatable bonds is 3. The molecule has 1 aromatic carbocycles. The number of amides is 2. The lowest BCUT2D eigenvalue weighted by molar-refractivity contribution is -0.127. The number of anilines is 1. The van der Waals surface area contributed by atoms with Gasteiger partial charge >= 0.3 is 0 Å². The molecule has 0 aliphatic carbocycles. The SMILES string of the molecule is Cc1cccc(NC(=O)CC(=O)NC(C)(C)C)c1. The van der Waals surface area contributed by atoms with E-state index in [0.29, 0.717) is 5.69 Å². The topological polar surface area (TPSA) is 58.2 Å². The van der Waals surface area contributed by atoms with E-state index in [9.17, 15) is 9.59 Å². The Bertz CT molecular complexity index is 447. The van der Waals surface area contributed by atoms with Crippen molar-refractivity contribution >= 4 is 17.5 Å². The molecule has 2 N–H and O–H groups in total. The van der Waals surface area contributed by atoms with Crippen LogP contribution in [-0.4, -0.2) is 17.4 Å². The van der Waals surface area contributed by atoms with Crippen LogP contribution in [0.4, 0.5) is 5.69 Å². The quantitative estimate of drug-likeness (QED) is 0.806. The van der Waals surface area contributed by atoms with E-state index in [1.165, 1.54) is 0 Å². The van der Waals surface area contributed by atoms with Crippen molar-refractivity contribution in [2.75, 3.05) is 5.32 Å². The van der Waals surface area contributed by atoms with Gasteiger partial charge in [0.25, 0.3) is 0 Å². The monoisotopic (exact) mass is 248 g/mol. The molecule has 1 rings (SSSR count). The minimum Gasteiger partial charge on any atom is -0.351 e. The number of carbonyl (C=O) groups excluding carboxylic acids is 2. The van der Waals surface area contributed by atoms with Crippen molar-refractivity contribution in [3.63, 3.8) is 0 Å². The highest BCUT2D eigenvalue weighted by Crippen LogP contribution is 2.09. The predicted molar refractivity (Wildman–Crippen MR) is 72.3 cm³/mol. The number of nitrogens with one attached hydrogen (secondary N) is 2. The molecular formula is C14H20N2O2. The fourth-order valence-electron chi connectivity index (χ4n) is 1.54. The standard InChI is InChI=1S/C14H20N2O2/c1-10-6-5-7-11(8-10)15-12(17)9-13(18)16-14(2,3)4/h5-8H,9H2,1-4H3,(H,15,17)(H,16,18). The Morgan fingerprint density at radius 3 is 2.39 bits per heavy atom. The average molecular weight is 248 g/mol. The normalized spacial score (nSPS) is 10.9. The lowest BCUT2D eigenvalue weighted by Crippen LogP contribution is -2.41. The highest BCUT2D eigenvalue weighted by atomic mass is 16.2. The van der Waals surface area contributed by atoms with Gasteiger partial charge in [0.05, 0.1) is 0 Å². The molecule has 0 fully saturated rings. The number of hydrogen-bond donors (Lipinski definition) is 2. The third-order valence-electron chi connectivity index (χ3n) is 2.14. The summed E-state index contributed by atoms with van der Waals surface area (Å²) in [6, 6.07) is 7.47. The van der Waals surface area contributed by atoms with Crippen molar-refractivity contribution in [2.24, 2.45) is 0 Å². The highest BCUT2D eigenvalue weighted by molar-refractivity contribution is 6.03. The Kier molecular flexibility index (Phi) is 4.48. The largest absolute Gasteiger partial charge is 0.351 e. The van der Waals surface area contributed by atoms with Gasteiger partial charge in [0.2, 0.25) is 11.8 Å². The van der Waals surface area contributed by atoms with E-state index in [4.69, 9.17) is 0 Å². The van der Waals surface area contributed by atoms with Gasteiger partial charge in [-0.3, -0.25) is 9.59 Å². The van der Waals surface area contributed by atoms with Crippen LogP contribution in [0.5, 0.6) is 0 Å². The summed E-state index contributed by atoms with van der Waals surface area (Å²) in [5.41, 5.74) is 1.45.